The average Bonchev–Trinajstić information content (AvgIpc) is 2.67. The summed E-state index contributed by atoms with van der Waals surface area (Å²) in [7, 11) is 0. The first-order chi connectivity index (χ1) is 13.1. The zero-order valence-corrected chi connectivity index (χ0v) is 15.2. The van der Waals surface area contributed by atoms with Gasteiger partial charge < -0.3 is 21.1 Å². The van der Waals surface area contributed by atoms with Crippen molar-refractivity contribution in [3.8, 4) is 17.6 Å². The van der Waals surface area contributed by atoms with Crippen molar-refractivity contribution in [2.45, 2.75) is 19.8 Å². The molecule has 6 heteroatoms. The molecule has 0 saturated heterocycles. The Bertz CT molecular complexity index is 818. The van der Waals surface area contributed by atoms with Crippen LogP contribution in [0.2, 0.25) is 0 Å². The van der Waals surface area contributed by atoms with Gasteiger partial charge in [0.2, 0.25) is 5.91 Å². The van der Waals surface area contributed by atoms with E-state index in [0.717, 1.165) is 24.2 Å². The second-order valence-corrected chi connectivity index (χ2v) is 5.78. The van der Waals surface area contributed by atoms with E-state index in [9.17, 15) is 9.59 Å². The monoisotopic (exact) mass is 365 g/mol. The molecule has 0 aliphatic carbocycles. The summed E-state index contributed by atoms with van der Waals surface area (Å²) in [4.78, 5) is 22.9. The van der Waals surface area contributed by atoms with Crippen molar-refractivity contribution in [1.82, 2.24) is 5.32 Å². The van der Waals surface area contributed by atoms with E-state index in [0.29, 0.717) is 17.9 Å². The van der Waals surface area contributed by atoms with E-state index in [4.69, 9.17) is 10.5 Å². The molecule has 2 rings (SSSR count). The molecule has 0 spiro atoms. The number of carbonyl (C=O) groups is 2. The molecule has 2 aromatic carbocycles. The van der Waals surface area contributed by atoms with Gasteiger partial charge in [-0.2, -0.15) is 0 Å². The van der Waals surface area contributed by atoms with Crippen LogP contribution in [0.4, 0.5) is 10.5 Å². The van der Waals surface area contributed by atoms with E-state index in [-0.39, 0.29) is 12.6 Å². The molecule has 2 aromatic rings. The predicted molar refractivity (Wildman–Crippen MR) is 106 cm³/mol. The van der Waals surface area contributed by atoms with Gasteiger partial charge in [0, 0.05) is 16.8 Å². The van der Waals surface area contributed by atoms with Gasteiger partial charge in [-0.3, -0.25) is 4.79 Å². The van der Waals surface area contributed by atoms with Crippen molar-refractivity contribution in [3.05, 3.63) is 59.7 Å². The number of amides is 3. The number of primary amides is 1. The first-order valence-corrected chi connectivity index (χ1v) is 8.75. The Morgan fingerprint density at radius 2 is 1.78 bits per heavy atom. The number of hydrogen-bond donors (Lipinski definition) is 3. The van der Waals surface area contributed by atoms with E-state index in [1.807, 2.05) is 12.1 Å². The van der Waals surface area contributed by atoms with E-state index in [1.165, 1.54) is 0 Å². The Labute approximate surface area is 159 Å². The molecule has 0 fully saturated rings. The van der Waals surface area contributed by atoms with Crippen LogP contribution in [-0.4, -0.2) is 25.1 Å². The van der Waals surface area contributed by atoms with Crippen LogP contribution in [-0.2, 0) is 0 Å². The van der Waals surface area contributed by atoms with Gasteiger partial charge in [0.15, 0.2) is 0 Å². The lowest BCUT2D eigenvalue weighted by Gasteiger charge is -2.08. The number of carbonyl (C=O) groups excluding carboxylic acids is 2. The summed E-state index contributed by atoms with van der Waals surface area (Å²) in [5, 5.41) is 5.39. The fourth-order valence-electron chi connectivity index (χ4n) is 2.13. The van der Waals surface area contributed by atoms with Crippen LogP contribution < -0.4 is 21.1 Å². The number of rotatable bonds is 7. The quantitative estimate of drug-likeness (QED) is 0.520. The number of nitrogens with one attached hydrogen (secondary N) is 2. The number of nitrogens with two attached hydrogens (primary N) is 1. The molecular formula is C21H23N3O3. The molecule has 0 unspecified atom stereocenters. The highest BCUT2D eigenvalue weighted by atomic mass is 16.5. The molecule has 3 amide bonds. The van der Waals surface area contributed by atoms with Gasteiger partial charge in [-0.05, 0) is 55.0 Å². The number of ether oxygens (including phenoxy) is 1. The first kappa shape index (κ1) is 19.9. The van der Waals surface area contributed by atoms with Crippen LogP contribution in [0.1, 0.15) is 35.7 Å². The maximum atomic E-state index is 11.9. The molecule has 6 nitrogen and oxygen atoms in total. The largest absolute Gasteiger partial charge is 0.494 e. The number of benzene rings is 2. The standard InChI is InChI=1S/C21H23N3O3/c1-2-3-15-27-19-12-10-18(11-13-19)24-21(26)23-14-4-5-16-6-8-17(9-7-16)20(22)25/h6-13H,2-3,14-15H2,1H3,(H2,22,25)(H2,23,24,26). The summed E-state index contributed by atoms with van der Waals surface area (Å²) in [6.45, 7) is 2.99. The molecule has 0 radical (unpaired) electrons. The van der Waals surface area contributed by atoms with Crippen molar-refractivity contribution in [3.63, 3.8) is 0 Å². The minimum atomic E-state index is -0.478. The van der Waals surface area contributed by atoms with Crippen molar-refractivity contribution in [2.24, 2.45) is 5.73 Å². The molecule has 0 atom stereocenters. The Morgan fingerprint density at radius 3 is 2.41 bits per heavy atom. The van der Waals surface area contributed by atoms with Gasteiger partial charge in [0.05, 0.1) is 13.2 Å². The van der Waals surface area contributed by atoms with Crippen LogP contribution in [0.15, 0.2) is 48.5 Å². The van der Waals surface area contributed by atoms with Gasteiger partial charge in [0.25, 0.3) is 0 Å². The SMILES string of the molecule is CCCCOc1ccc(NC(=O)NCC#Cc2ccc(C(N)=O)cc2)cc1. The molecule has 140 valence electrons. The van der Waals surface area contributed by atoms with Crippen molar-refractivity contribution in [1.29, 1.82) is 0 Å². The maximum Gasteiger partial charge on any atom is 0.319 e. The minimum Gasteiger partial charge on any atom is -0.494 e. The summed E-state index contributed by atoms with van der Waals surface area (Å²) < 4.78 is 5.58. The summed E-state index contributed by atoms with van der Waals surface area (Å²) in [6, 6.07) is 13.5. The Balaban J connectivity index is 1.75. The average molecular weight is 365 g/mol. The summed E-state index contributed by atoms with van der Waals surface area (Å²) in [6.07, 6.45) is 2.10. The summed E-state index contributed by atoms with van der Waals surface area (Å²) in [5.41, 5.74) is 7.02. The topological polar surface area (TPSA) is 93.4 Å². The van der Waals surface area contributed by atoms with Crippen molar-refractivity contribution >= 4 is 17.6 Å². The molecule has 0 aliphatic heterocycles. The summed E-state index contributed by atoms with van der Waals surface area (Å²) >= 11 is 0. The minimum absolute atomic E-state index is 0.196. The molecule has 0 aromatic heterocycles. The van der Waals surface area contributed by atoms with Crippen LogP contribution in [0.3, 0.4) is 0 Å². The van der Waals surface area contributed by atoms with E-state index < -0.39 is 5.91 Å². The second kappa shape index (κ2) is 10.5. The number of unbranched alkanes of at least 4 members (excludes halogenated alkanes) is 1. The van der Waals surface area contributed by atoms with E-state index >= 15 is 0 Å². The lowest BCUT2D eigenvalue weighted by molar-refractivity contribution is 0.1000. The van der Waals surface area contributed by atoms with Gasteiger partial charge in [-0.1, -0.05) is 25.2 Å². The fourth-order valence-corrected chi connectivity index (χ4v) is 2.13. The molecule has 0 heterocycles. The molecule has 0 aliphatic rings. The number of urea groups is 1. The lowest BCUT2D eigenvalue weighted by atomic mass is 10.1. The highest BCUT2D eigenvalue weighted by Crippen LogP contribution is 2.15. The van der Waals surface area contributed by atoms with Crippen LogP contribution in [0.5, 0.6) is 5.75 Å². The molecular weight excluding hydrogens is 342 g/mol. The van der Waals surface area contributed by atoms with Crippen LogP contribution >= 0.6 is 0 Å². The molecule has 27 heavy (non-hydrogen) atoms. The third-order valence-corrected chi connectivity index (χ3v) is 3.62. The van der Waals surface area contributed by atoms with E-state index in [1.54, 1.807) is 36.4 Å². The maximum absolute atomic E-state index is 11.9. The van der Waals surface area contributed by atoms with Gasteiger partial charge >= 0.3 is 6.03 Å². The number of anilines is 1. The molecule has 0 bridgehead atoms. The smallest absolute Gasteiger partial charge is 0.319 e. The highest BCUT2D eigenvalue weighted by Gasteiger charge is 2.01. The van der Waals surface area contributed by atoms with Crippen LogP contribution in [0, 0.1) is 11.8 Å². The zero-order valence-electron chi connectivity index (χ0n) is 15.2. The normalized spacial score (nSPS) is 9.67. The number of hydrogen-bond acceptors (Lipinski definition) is 3. The second-order valence-electron chi connectivity index (χ2n) is 5.78. The lowest BCUT2D eigenvalue weighted by Crippen LogP contribution is -2.28. The highest BCUT2D eigenvalue weighted by molar-refractivity contribution is 5.92. The third-order valence-electron chi connectivity index (χ3n) is 3.62. The van der Waals surface area contributed by atoms with Crippen LogP contribution in [0.25, 0.3) is 0 Å². The predicted octanol–water partition coefficient (Wildman–Crippen LogP) is 3.14. The third kappa shape index (κ3) is 7.12. The Kier molecular flexibility index (Phi) is 7.73. The van der Waals surface area contributed by atoms with Gasteiger partial charge in [-0.25, -0.2) is 4.79 Å². The fraction of sp³-hybridized carbons (Fsp3) is 0.238. The van der Waals surface area contributed by atoms with Crippen molar-refractivity contribution < 1.29 is 14.3 Å². The van der Waals surface area contributed by atoms with E-state index in [2.05, 4.69) is 29.4 Å². The van der Waals surface area contributed by atoms with Crippen molar-refractivity contribution in [2.75, 3.05) is 18.5 Å². The Morgan fingerprint density at radius 1 is 1.07 bits per heavy atom. The zero-order chi connectivity index (χ0) is 19.5. The van der Waals surface area contributed by atoms with Gasteiger partial charge in [0.1, 0.15) is 5.75 Å². The summed E-state index contributed by atoms with van der Waals surface area (Å²) in [5.74, 6) is 6.05. The first-order valence-electron chi connectivity index (χ1n) is 8.75. The van der Waals surface area contributed by atoms with Gasteiger partial charge in [-0.15, -0.1) is 0 Å². The Hall–Kier alpha value is -3.46. The molecule has 4 N–H and O–H groups in total. The molecule has 0 saturated carbocycles.